The van der Waals surface area contributed by atoms with Crippen molar-refractivity contribution in [2.45, 2.75) is 52.6 Å². The molecule has 0 atom stereocenters. The first-order valence-corrected chi connectivity index (χ1v) is 11.5. The van der Waals surface area contributed by atoms with Crippen molar-refractivity contribution in [2.75, 3.05) is 12.3 Å². The third kappa shape index (κ3) is 4.89. The molecule has 8 nitrogen and oxygen atoms in total. The van der Waals surface area contributed by atoms with Crippen LogP contribution in [0, 0.1) is 0 Å². The van der Waals surface area contributed by atoms with Gasteiger partial charge in [-0.25, -0.2) is 14.8 Å². The highest BCUT2D eigenvalue weighted by molar-refractivity contribution is 6.07. The molecule has 2 amide bonds. The van der Waals surface area contributed by atoms with Gasteiger partial charge in [0.05, 0.1) is 11.0 Å². The standard InChI is InChI=1S/C25H31N7O/c1-4-5-8-21-31-22-23(32(21)13-12-28-25(33)29-16(2)3)19-10-9-17(14-20(19)30-24(22)26)18-7-6-11-27-15-18/h6-7,9-11,14-16H,4-5,8,12-13H2,1-3H3,(H2,26,30)(H2,28,29,33). The summed E-state index contributed by atoms with van der Waals surface area (Å²) in [5.41, 5.74) is 10.9. The van der Waals surface area contributed by atoms with E-state index in [4.69, 9.17) is 10.7 Å². The highest BCUT2D eigenvalue weighted by atomic mass is 16.2. The van der Waals surface area contributed by atoms with Gasteiger partial charge in [-0.1, -0.05) is 31.5 Å². The average molecular weight is 446 g/mol. The number of nitrogens with one attached hydrogen (secondary N) is 2. The summed E-state index contributed by atoms with van der Waals surface area (Å²) in [6.45, 7) is 7.13. The van der Waals surface area contributed by atoms with Crippen LogP contribution < -0.4 is 16.4 Å². The number of amides is 2. The zero-order valence-electron chi connectivity index (χ0n) is 19.4. The third-order valence-electron chi connectivity index (χ3n) is 5.57. The van der Waals surface area contributed by atoms with Crippen molar-refractivity contribution >= 4 is 33.8 Å². The number of nitrogen functional groups attached to an aromatic ring is 1. The summed E-state index contributed by atoms with van der Waals surface area (Å²) in [4.78, 5) is 25.8. The number of unbranched alkanes of at least 4 members (excludes halogenated alkanes) is 1. The van der Waals surface area contributed by atoms with Crippen LogP contribution in [0.3, 0.4) is 0 Å². The molecule has 0 bridgehead atoms. The van der Waals surface area contributed by atoms with Gasteiger partial charge in [0.2, 0.25) is 0 Å². The molecule has 0 fully saturated rings. The topological polar surface area (TPSA) is 111 Å². The zero-order valence-corrected chi connectivity index (χ0v) is 19.4. The molecule has 0 saturated carbocycles. The van der Waals surface area contributed by atoms with Gasteiger partial charge < -0.3 is 20.9 Å². The Morgan fingerprint density at radius 3 is 2.76 bits per heavy atom. The molecule has 3 heterocycles. The van der Waals surface area contributed by atoms with Crippen molar-refractivity contribution in [3.05, 3.63) is 48.5 Å². The number of anilines is 1. The first kappa shape index (κ1) is 22.5. The second-order valence-corrected chi connectivity index (χ2v) is 8.51. The zero-order chi connectivity index (χ0) is 23.4. The number of hydrogen-bond donors (Lipinski definition) is 3. The van der Waals surface area contributed by atoms with Crippen molar-refractivity contribution in [2.24, 2.45) is 0 Å². The lowest BCUT2D eigenvalue weighted by molar-refractivity contribution is 0.238. The summed E-state index contributed by atoms with van der Waals surface area (Å²) >= 11 is 0. The smallest absolute Gasteiger partial charge is 0.315 e. The molecule has 33 heavy (non-hydrogen) atoms. The van der Waals surface area contributed by atoms with Gasteiger partial charge >= 0.3 is 6.03 Å². The van der Waals surface area contributed by atoms with Crippen molar-refractivity contribution in [3.8, 4) is 11.1 Å². The minimum atomic E-state index is -0.170. The monoisotopic (exact) mass is 445 g/mol. The Hall–Kier alpha value is -3.68. The first-order chi connectivity index (χ1) is 16.0. The van der Waals surface area contributed by atoms with Crippen LogP contribution in [0.15, 0.2) is 42.7 Å². The van der Waals surface area contributed by atoms with Gasteiger partial charge in [0, 0.05) is 48.9 Å². The van der Waals surface area contributed by atoms with E-state index in [1.165, 1.54) is 0 Å². The van der Waals surface area contributed by atoms with Crippen LogP contribution in [0.5, 0.6) is 0 Å². The largest absolute Gasteiger partial charge is 0.382 e. The van der Waals surface area contributed by atoms with Gasteiger partial charge in [-0.2, -0.15) is 0 Å². The number of nitrogens with two attached hydrogens (primary N) is 1. The van der Waals surface area contributed by atoms with E-state index in [1.807, 2.05) is 38.2 Å². The number of imidazole rings is 1. The summed E-state index contributed by atoms with van der Waals surface area (Å²) in [6.07, 6.45) is 6.54. The lowest BCUT2D eigenvalue weighted by Crippen LogP contribution is -2.40. The molecule has 4 N–H and O–H groups in total. The van der Waals surface area contributed by atoms with E-state index in [-0.39, 0.29) is 12.1 Å². The van der Waals surface area contributed by atoms with E-state index >= 15 is 0 Å². The van der Waals surface area contributed by atoms with Gasteiger partial charge in [0.25, 0.3) is 0 Å². The van der Waals surface area contributed by atoms with Crippen LogP contribution in [-0.2, 0) is 13.0 Å². The Morgan fingerprint density at radius 2 is 2.03 bits per heavy atom. The van der Waals surface area contributed by atoms with Crippen LogP contribution in [-0.4, -0.2) is 38.1 Å². The quantitative estimate of drug-likeness (QED) is 0.375. The van der Waals surface area contributed by atoms with Crippen molar-refractivity contribution in [1.29, 1.82) is 0 Å². The predicted octanol–water partition coefficient (Wildman–Crippen LogP) is 4.28. The van der Waals surface area contributed by atoms with Gasteiger partial charge in [-0.3, -0.25) is 4.98 Å². The van der Waals surface area contributed by atoms with Gasteiger partial charge in [0.1, 0.15) is 11.3 Å². The van der Waals surface area contributed by atoms with Crippen LogP contribution in [0.2, 0.25) is 0 Å². The van der Waals surface area contributed by atoms with Crippen molar-refractivity contribution < 1.29 is 4.79 Å². The fraction of sp³-hybridized carbons (Fsp3) is 0.360. The molecular weight excluding hydrogens is 414 g/mol. The molecule has 3 aromatic heterocycles. The Balaban J connectivity index is 1.76. The lowest BCUT2D eigenvalue weighted by Gasteiger charge is -2.13. The molecule has 4 rings (SSSR count). The number of nitrogens with zero attached hydrogens (tertiary/aromatic N) is 4. The first-order valence-electron chi connectivity index (χ1n) is 11.5. The number of carbonyl (C=O) groups is 1. The maximum absolute atomic E-state index is 12.1. The van der Waals surface area contributed by atoms with Crippen molar-refractivity contribution in [3.63, 3.8) is 0 Å². The van der Waals surface area contributed by atoms with Gasteiger partial charge in [-0.15, -0.1) is 0 Å². The molecule has 0 aliphatic carbocycles. The van der Waals surface area contributed by atoms with Crippen molar-refractivity contribution in [1.82, 2.24) is 30.2 Å². The van der Waals surface area contributed by atoms with Gasteiger partial charge in [0.15, 0.2) is 5.82 Å². The number of carbonyl (C=O) groups excluding carboxylic acids is 1. The normalized spacial score (nSPS) is 11.4. The SMILES string of the molecule is CCCCc1nc2c(N)nc3cc(-c4cccnc4)ccc3c2n1CCNC(=O)NC(C)C. The van der Waals surface area contributed by atoms with E-state index in [1.54, 1.807) is 6.20 Å². The molecule has 1 aromatic carbocycles. The summed E-state index contributed by atoms with van der Waals surface area (Å²) in [5.74, 6) is 1.39. The molecule has 0 spiro atoms. The summed E-state index contributed by atoms with van der Waals surface area (Å²) in [5, 5.41) is 6.79. The minimum Gasteiger partial charge on any atom is -0.382 e. The number of urea groups is 1. The second-order valence-electron chi connectivity index (χ2n) is 8.51. The summed E-state index contributed by atoms with van der Waals surface area (Å²) in [7, 11) is 0. The Morgan fingerprint density at radius 1 is 1.18 bits per heavy atom. The molecule has 0 radical (unpaired) electrons. The molecule has 0 unspecified atom stereocenters. The number of pyridine rings is 2. The molecule has 4 aromatic rings. The Bertz CT molecular complexity index is 1260. The molecule has 0 aliphatic heterocycles. The minimum absolute atomic E-state index is 0.0861. The number of fused-ring (bicyclic) bond motifs is 3. The number of benzene rings is 1. The molecule has 0 aliphatic rings. The summed E-state index contributed by atoms with van der Waals surface area (Å²) in [6, 6.07) is 10.1. The van der Waals surface area contributed by atoms with Crippen LogP contribution >= 0.6 is 0 Å². The molecule has 172 valence electrons. The number of hydrogen-bond acceptors (Lipinski definition) is 5. The van der Waals surface area contributed by atoms with E-state index in [9.17, 15) is 4.79 Å². The predicted molar refractivity (Wildman–Crippen MR) is 133 cm³/mol. The Kier molecular flexibility index (Phi) is 6.72. The fourth-order valence-corrected chi connectivity index (χ4v) is 4.03. The van der Waals surface area contributed by atoms with Crippen LogP contribution in [0.4, 0.5) is 10.6 Å². The highest BCUT2D eigenvalue weighted by Crippen LogP contribution is 2.32. The second kappa shape index (κ2) is 9.85. The molecular formula is C25H31N7O. The summed E-state index contributed by atoms with van der Waals surface area (Å²) < 4.78 is 2.19. The van der Waals surface area contributed by atoms with E-state index < -0.39 is 0 Å². The maximum atomic E-state index is 12.1. The Labute approximate surface area is 193 Å². The number of aromatic nitrogens is 4. The van der Waals surface area contributed by atoms with Gasteiger partial charge in [-0.05, 0) is 38.0 Å². The van der Waals surface area contributed by atoms with E-state index in [0.717, 1.165) is 58.2 Å². The third-order valence-corrected chi connectivity index (χ3v) is 5.57. The average Bonchev–Trinajstić information content (AvgIpc) is 3.16. The van der Waals surface area contributed by atoms with Crippen LogP contribution in [0.1, 0.15) is 39.4 Å². The fourth-order valence-electron chi connectivity index (χ4n) is 4.03. The highest BCUT2D eigenvalue weighted by Gasteiger charge is 2.18. The van der Waals surface area contributed by atoms with E-state index in [2.05, 4.69) is 44.2 Å². The number of rotatable bonds is 8. The van der Waals surface area contributed by atoms with E-state index in [0.29, 0.717) is 18.9 Å². The molecule has 8 heteroatoms. The number of aryl methyl sites for hydroxylation is 1. The maximum Gasteiger partial charge on any atom is 0.315 e. The van der Waals surface area contributed by atoms with Crippen LogP contribution in [0.25, 0.3) is 33.1 Å². The molecule has 0 saturated heterocycles. The lowest BCUT2D eigenvalue weighted by atomic mass is 10.0.